The number of hydrogen-bond donors (Lipinski definition) is 1. The Morgan fingerprint density at radius 2 is 1.58 bits per heavy atom. The van der Waals surface area contributed by atoms with E-state index < -0.39 is 44.2 Å². The van der Waals surface area contributed by atoms with Gasteiger partial charge in [0.1, 0.15) is 28.9 Å². The van der Waals surface area contributed by atoms with Crippen LogP contribution >= 0.6 is 11.6 Å². The molecule has 0 amide bonds. The average Bonchev–Trinajstić information content (AvgIpc) is 3.39. The Hall–Kier alpha value is -4.85. The molecule has 232 valence electrons. The van der Waals surface area contributed by atoms with Gasteiger partial charge in [-0.2, -0.15) is 23.7 Å². The first-order valence-corrected chi connectivity index (χ1v) is 15.1. The van der Waals surface area contributed by atoms with E-state index in [9.17, 15) is 35.6 Å². The Kier molecular flexibility index (Phi) is 9.56. The Labute approximate surface area is 259 Å². The number of fused-ring (bicyclic) bond motifs is 1. The number of nitrogens with two attached hydrogens (primary N) is 1. The number of ether oxygens (including phenoxy) is 2. The molecular weight excluding hydrogens is 641 g/mol. The molecule has 0 aromatic heterocycles. The lowest BCUT2D eigenvalue weighted by Gasteiger charge is -2.14. The van der Waals surface area contributed by atoms with E-state index >= 15 is 0 Å². The van der Waals surface area contributed by atoms with Crippen molar-refractivity contribution in [3.8, 4) is 35.1 Å². The lowest BCUT2D eigenvalue weighted by atomic mass is 10.0. The van der Waals surface area contributed by atoms with Gasteiger partial charge in [-0.3, -0.25) is 0 Å². The fourth-order valence-corrected chi connectivity index (χ4v) is 5.84. The first kappa shape index (κ1) is 33.1. The quantitative estimate of drug-likeness (QED) is 0.168. The summed E-state index contributed by atoms with van der Waals surface area (Å²) in [7, 11) is -3.50. The third-order valence-electron chi connectivity index (χ3n) is 6.56. The van der Waals surface area contributed by atoms with Gasteiger partial charge in [-0.05, 0) is 60.9 Å². The number of anilines is 1. The smallest absolute Gasteiger partial charge is 0.417 e. The van der Waals surface area contributed by atoms with E-state index in [1.807, 2.05) is 6.07 Å². The van der Waals surface area contributed by atoms with Crippen molar-refractivity contribution in [1.29, 1.82) is 10.5 Å². The maximum Gasteiger partial charge on any atom is 0.417 e. The molecule has 0 spiro atoms. The van der Waals surface area contributed by atoms with E-state index in [0.717, 1.165) is 36.6 Å². The Morgan fingerprint density at radius 1 is 0.933 bits per heavy atom. The van der Waals surface area contributed by atoms with Crippen molar-refractivity contribution in [2.45, 2.75) is 29.8 Å². The minimum absolute atomic E-state index is 0.0110. The van der Waals surface area contributed by atoms with Crippen molar-refractivity contribution < 1.29 is 39.8 Å². The molecule has 1 aliphatic rings. The van der Waals surface area contributed by atoms with Crippen LogP contribution in [0, 0.1) is 34.3 Å². The van der Waals surface area contributed by atoms with Crippen LogP contribution in [0.15, 0.2) is 71.6 Å². The highest BCUT2D eigenvalue weighted by Gasteiger charge is 2.35. The van der Waals surface area contributed by atoms with Crippen LogP contribution < -0.4 is 15.2 Å². The molecule has 4 aromatic rings. The van der Waals surface area contributed by atoms with Gasteiger partial charge >= 0.3 is 6.18 Å². The molecule has 5 rings (SSSR count). The van der Waals surface area contributed by atoms with Crippen LogP contribution in [0.2, 0.25) is 5.02 Å². The lowest BCUT2D eigenvalue weighted by molar-refractivity contribution is -0.137. The van der Waals surface area contributed by atoms with Crippen molar-refractivity contribution in [1.82, 2.24) is 0 Å². The van der Waals surface area contributed by atoms with E-state index in [1.54, 1.807) is 18.2 Å². The predicted octanol–water partition coefficient (Wildman–Crippen LogP) is 8.32. The zero-order valence-electron chi connectivity index (χ0n) is 23.1. The zero-order valence-corrected chi connectivity index (χ0v) is 24.7. The summed E-state index contributed by atoms with van der Waals surface area (Å²) in [6, 6.07) is 17.7. The highest BCUT2D eigenvalue weighted by Crippen LogP contribution is 2.44. The van der Waals surface area contributed by atoms with Crippen LogP contribution in [-0.2, 0) is 22.4 Å². The van der Waals surface area contributed by atoms with Crippen molar-refractivity contribution >= 4 is 27.1 Å². The van der Waals surface area contributed by atoms with E-state index in [2.05, 4.69) is 6.07 Å². The molecular formula is C31H21ClF5N3O4S. The van der Waals surface area contributed by atoms with Gasteiger partial charge in [-0.1, -0.05) is 17.7 Å². The van der Waals surface area contributed by atoms with E-state index in [4.69, 9.17) is 32.1 Å². The summed E-state index contributed by atoms with van der Waals surface area (Å²) >= 11 is 5.63. The van der Waals surface area contributed by atoms with Crippen molar-refractivity contribution in [3.63, 3.8) is 0 Å². The minimum Gasteiger partial charge on any atom is -0.457 e. The largest absolute Gasteiger partial charge is 0.457 e. The maximum absolute atomic E-state index is 13.3. The average molecular weight is 662 g/mol. The second-order valence-electron chi connectivity index (χ2n) is 9.73. The van der Waals surface area contributed by atoms with Gasteiger partial charge in [-0.25, -0.2) is 17.2 Å². The molecule has 0 heterocycles. The van der Waals surface area contributed by atoms with E-state index in [0.29, 0.717) is 35.3 Å². The first-order chi connectivity index (χ1) is 21.1. The second-order valence-corrected chi connectivity index (χ2v) is 12.1. The van der Waals surface area contributed by atoms with Crippen molar-refractivity contribution in [2.75, 3.05) is 12.0 Å². The SMILES string of the molecule is CS(=O)(=O)c1ccc(Oc2cc(F)cc(F)c2)c2c1C(C#N)CC2.N#Cc1cccc(Oc2ccc(C(F)(F)F)c(Cl)c2N)c1. The first-order valence-electron chi connectivity index (χ1n) is 12.8. The van der Waals surface area contributed by atoms with Crippen LogP contribution in [0.4, 0.5) is 27.6 Å². The summed E-state index contributed by atoms with van der Waals surface area (Å²) in [5.74, 6) is -1.55. The highest BCUT2D eigenvalue weighted by molar-refractivity contribution is 7.90. The second kappa shape index (κ2) is 13.0. The monoisotopic (exact) mass is 661 g/mol. The summed E-state index contributed by atoms with van der Waals surface area (Å²) in [5, 5.41) is 17.4. The number of rotatable bonds is 5. The normalized spacial score (nSPS) is 13.9. The topological polar surface area (TPSA) is 126 Å². The molecule has 2 N–H and O–H groups in total. The number of benzene rings is 4. The predicted molar refractivity (Wildman–Crippen MR) is 155 cm³/mol. The summed E-state index contributed by atoms with van der Waals surface area (Å²) in [6.07, 6.45) is -2.57. The summed E-state index contributed by atoms with van der Waals surface area (Å²) in [6.45, 7) is 0. The molecule has 1 atom stereocenters. The third kappa shape index (κ3) is 7.63. The van der Waals surface area contributed by atoms with Crippen molar-refractivity contribution in [3.05, 3.63) is 106 Å². The molecule has 1 unspecified atom stereocenters. The van der Waals surface area contributed by atoms with Crippen LogP contribution in [0.25, 0.3) is 0 Å². The number of hydrogen-bond acceptors (Lipinski definition) is 7. The van der Waals surface area contributed by atoms with Gasteiger partial charge in [0.2, 0.25) is 0 Å². The standard InChI is InChI=1S/C17H13F2NO3S.C14H8ClF3N2O/c1-24(21,22)16-5-4-15(14-3-2-10(9-20)17(14)16)23-13-7-11(18)6-12(19)8-13;15-12-10(14(16,17)18)4-5-11(13(12)20)21-9-3-1-2-8(6-9)7-19/h4-8,10H,2-3H2,1H3;1-6H,20H2. The molecule has 7 nitrogen and oxygen atoms in total. The molecule has 14 heteroatoms. The Morgan fingerprint density at radius 3 is 2.18 bits per heavy atom. The molecule has 0 saturated carbocycles. The molecule has 0 fully saturated rings. The number of nitrogens with zero attached hydrogens (tertiary/aromatic N) is 2. The molecule has 1 aliphatic carbocycles. The Bertz CT molecular complexity index is 1950. The van der Waals surface area contributed by atoms with E-state index in [-0.39, 0.29) is 27.8 Å². The lowest BCUT2D eigenvalue weighted by Crippen LogP contribution is -2.07. The summed E-state index contributed by atoms with van der Waals surface area (Å²) in [4.78, 5) is 0.0966. The summed E-state index contributed by atoms with van der Waals surface area (Å²) in [5.41, 5.74) is 5.61. The molecule has 0 aliphatic heterocycles. The van der Waals surface area contributed by atoms with Crippen molar-refractivity contribution in [2.24, 2.45) is 0 Å². The third-order valence-corrected chi connectivity index (χ3v) is 8.12. The Balaban J connectivity index is 0.000000207. The van der Waals surface area contributed by atoms with Crippen LogP contribution in [0.5, 0.6) is 23.0 Å². The summed E-state index contributed by atoms with van der Waals surface area (Å²) < 4.78 is 99.5. The van der Waals surface area contributed by atoms with Crippen LogP contribution in [-0.4, -0.2) is 14.7 Å². The molecule has 0 bridgehead atoms. The fraction of sp³-hybridized carbons (Fsp3) is 0.161. The highest BCUT2D eigenvalue weighted by atomic mass is 35.5. The minimum atomic E-state index is -4.59. The van der Waals surface area contributed by atoms with Gasteiger partial charge in [0.15, 0.2) is 15.6 Å². The number of nitrogen functional groups attached to an aromatic ring is 1. The number of alkyl halides is 3. The molecule has 45 heavy (non-hydrogen) atoms. The van der Waals surface area contributed by atoms with Crippen LogP contribution in [0.1, 0.15) is 34.6 Å². The van der Waals surface area contributed by atoms with Gasteiger partial charge in [0.05, 0.1) is 44.8 Å². The number of sulfone groups is 1. The molecule has 0 radical (unpaired) electrons. The van der Waals surface area contributed by atoms with Gasteiger partial charge in [0.25, 0.3) is 0 Å². The van der Waals surface area contributed by atoms with Gasteiger partial charge in [0, 0.05) is 30.0 Å². The molecule has 0 saturated heterocycles. The number of halogens is 6. The van der Waals surface area contributed by atoms with Gasteiger partial charge < -0.3 is 15.2 Å². The van der Waals surface area contributed by atoms with Crippen LogP contribution in [0.3, 0.4) is 0 Å². The van der Waals surface area contributed by atoms with Gasteiger partial charge in [-0.15, -0.1) is 0 Å². The zero-order chi connectivity index (χ0) is 33.1. The fourth-order valence-electron chi connectivity index (χ4n) is 4.60. The molecule has 4 aromatic carbocycles. The van der Waals surface area contributed by atoms with E-state index in [1.165, 1.54) is 18.2 Å². The number of nitriles is 2. The maximum atomic E-state index is 13.3.